The first-order chi connectivity index (χ1) is 9.58. The highest BCUT2D eigenvalue weighted by Crippen LogP contribution is 2.27. The lowest BCUT2D eigenvalue weighted by Crippen LogP contribution is -2.45. The molecule has 0 saturated carbocycles. The number of piperazine rings is 1. The second kappa shape index (κ2) is 7.20. The molecule has 2 rings (SSSR count). The Hall–Kier alpha value is -0.910. The molecule has 112 valence electrons. The molecule has 0 atom stereocenters. The summed E-state index contributed by atoms with van der Waals surface area (Å²) < 4.78 is 0. The van der Waals surface area contributed by atoms with E-state index in [1.54, 1.807) is 0 Å². The molecule has 0 aromatic carbocycles. The summed E-state index contributed by atoms with van der Waals surface area (Å²) in [5.41, 5.74) is 1.01. The number of hydrogen-bond acceptors (Lipinski definition) is 5. The highest BCUT2D eigenvalue weighted by molar-refractivity contribution is 6.30. The van der Waals surface area contributed by atoms with Crippen LogP contribution in [-0.4, -0.2) is 66.1 Å². The minimum absolute atomic E-state index is 0.315. The standard InChI is InChI=1S/C14H24ClN5/c1-11(2)12-13(15)17-10-18-14(12)16-4-5-20-8-6-19(3)7-9-20/h10-11H,4-9H2,1-3H3,(H,16,17,18). The molecule has 1 aromatic rings. The molecule has 2 heterocycles. The number of aromatic nitrogens is 2. The van der Waals surface area contributed by atoms with Crippen molar-refractivity contribution in [1.29, 1.82) is 0 Å². The summed E-state index contributed by atoms with van der Waals surface area (Å²) in [6, 6.07) is 0. The lowest BCUT2D eigenvalue weighted by atomic mass is 10.1. The molecular formula is C14H24ClN5. The second-order valence-electron chi connectivity index (χ2n) is 5.65. The number of anilines is 1. The lowest BCUT2D eigenvalue weighted by Gasteiger charge is -2.32. The molecule has 1 fully saturated rings. The minimum atomic E-state index is 0.315. The van der Waals surface area contributed by atoms with E-state index in [2.05, 4.69) is 46.0 Å². The lowest BCUT2D eigenvalue weighted by molar-refractivity contribution is 0.158. The van der Waals surface area contributed by atoms with Crippen LogP contribution in [0.3, 0.4) is 0 Å². The summed E-state index contributed by atoms with van der Waals surface area (Å²) in [6.07, 6.45) is 1.52. The zero-order chi connectivity index (χ0) is 14.5. The number of halogens is 1. The topological polar surface area (TPSA) is 44.3 Å². The van der Waals surface area contributed by atoms with Crippen molar-refractivity contribution < 1.29 is 0 Å². The Bertz CT molecular complexity index is 430. The van der Waals surface area contributed by atoms with Crippen LogP contribution in [0.15, 0.2) is 6.33 Å². The van der Waals surface area contributed by atoms with Crippen molar-refractivity contribution in [1.82, 2.24) is 19.8 Å². The van der Waals surface area contributed by atoms with Crippen molar-refractivity contribution in [2.75, 3.05) is 51.6 Å². The summed E-state index contributed by atoms with van der Waals surface area (Å²) in [5.74, 6) is 1.18. The van der Waals surface area contributed by atoms with Crippen LogP contribution >= 0.6 is 11.6 Å². The van der Waals surface area contributed by atoms with E-state index < -0.39 is 0 Å². The minimum Gasteiger partial charge on any atom is -0.368 e. The molecule has 0 radical (unpaired) electrons. The van der Waals surface area contributed by atoms with E-state index in [0.717, 1.165) is 50.6 Å². The Kier molecular flexibility index (Phi) is 5.57. The van der Waals surface area contributed by atoms with Gasteiger partial charge in [0.25, 0.3) is 0 Å². The van der Waals surface area contributed by atoms with Crippen LogP contribution in [0.2, 0.25) is 5.15 Å². The third-order valence-electron chi connectivity index (χ3n) is 3.73. The van der Waals surface area contributed by atoms with Crippen molar-refractivity contribution in [3.05, 3.63) is 17.0 Å². The van der Waals surface area contributed by atoms with Crippen LogP contribution in [0.5, 0.6) is 0 Å². The number of likely N-dealkylation sites (N-methyl/N-ethyl adjacent to an activating group) is 1. The number of nitrogens with zero attached hydrogens (tertiary/aromatic N) is 4. The maximum atomic E-state index is 6.16. The molecule has 1 aliphatic heterocycles. The van der Waals surface area contributed by atoms with Gasteiger partial charge in [0.15, 0.2) is 0 Å². The Morgan fingerprint density at radius 1 is 1.25 bits per heavy atom. The van der Waals surface area contributed by atoms with Crippen molar-refractivity contribution in [3.8, 4) is 0 Å². The van der Waals surface area contributed by atoms with Gasteiger partial charge in [0, 0.05) is 44.8 Å². The van der Waals surface area contributed by atoms with Gasteiger partial charge in [0.2, 0.25) is 0 Å². The van der Waals surface area contributed by atoms with Gasteiger partial charge in [-0.1, -0.05) is 25.4 Å². The molecule has 0 aliphatic carbocycles. The summed E-state index contributed by atoms with van der Waals surface area (Å²) >= 11 is 6.16. The fourth-order valence-electron chi connectivity index (χ4n) is 2.43. The number of nitrogens with one attached hydrogen (secondary N) is 1. The van der Waals surface area contributed by atoms with E-state index in [9.17, 15) is 0 Å². The van der Waals surface area contributed by atoms with Crippen molar-refractivity contribution in [2.24, 2.45) is 0 Å². The van der Waals surface area contributed by atoms with E-state index in [-0.39, 0.29) is 0 Å². The van der Waals surface area contributed by atoms with Gasteiger partial charge < -0.3 is 10.2 Å². The Balaban J connectivity index is 1.86. The molecule has 1 aromatic heterocycles. The zero-order valence-electron chi connectivity index (χ0n) is 12.6. The van der Waals surface area contributed by atoms with E-state index in [0.29, 0.717) is 11.1 Å². The number of hydrogen-bond donors (Lipinski definition) is 1. The van der Waals surface area contributed by atoms with Crippen LogP contribution < -0.4 is 5.32 Å². The van der Waals surface area contributed by atoms with Crippen molar-refractivity contribution in [2.45, 2.75) is 19.8 Å². The molecule has 6 heteroatoms. The molecule has 20 heavy (non-hydrogen) atoms. The summed E-state index contributed by atoms with van der Waals surface area (Å²) in [4.78, 5) is 13.2. The second-order valence-corrected chi connectivity index (χ2v) is 6.01. The molecule has 0 unspecified atom stereocenters. The van der Waals surface area contributed by atoms with Crippen LogP contribution in [0.25, 0.3) is 0 Å². The average Bonchev–Trinajstić information content (AvgIpc) is 2.40. The maximum absolute atomic E-state index is 6.16. The van der Waals surface area contributed by atoms with Gasteiger partial charge in [-0.15, -0.1) is 0 Å². The Morgan fingerprint density at radius 2 is 1.95 bits per heavy atom. The quantitative estimate of drug-likeness (QED) is 0.841. The highest BCUT2D eigenvalue weighted by Gasteiger charge is 2.15. The monoisotopic (exact) mass is 297 g/mol. The third-order valence-corrected chi connectivity index (χ3v) is 4.03. The van der Waals surface area contributed by atoms with Crippen LogP contribution in [0.4, 0.5) is 5.82 Å². The summed E-state index contributed by atoms with van der Waals surface area (Å²) in [5, 5.41) is 3.96. The molecule has 5 nitrogen and oxygen atoms in total. The first-order valence-electron chi connectivity index (χ1n) is 7.23. The average molecular weight is 298 g/mol. The van der Waals surface area contributed by atoms with Crippen LogP contribution in [-0.2, 0) is 0 Å². The van der Waals surface area contributed by atoms with Gasteiger partial charge in [-0.3, -0.25) is 4.90 Å². The smallest absolute Gasteiger partial charge is 0.138 e. The molecule has 0 bridgehead atoms. The van der Waals surface area contributed by atoms with Crippen molar-refractivity contribution in [3.63, 3.8) is 0 Å². The van der Waals surface area contributed by atoms with Crippen LogP contribution in [0.1, 0.15) is 25.3 Å². The molecule has 1 aliphatic rings. The van der Waals surface area contributed by atoms with E-state index in [1.807, 2.05) is 0 Å². The number of rotatable bonds is 5. The fraction of sp³-hybridized carbons (Fsp3) is 0.714. The predicted molar refractivity (Wildman–Crippen MR) is 83.6 cm³/mol. The SMILES string of the molecule is CC(C)c1c(Cl)ncnc1NCCN1CCN(C)CC1. The van der Waals surface area contributed by atoms with E-state index >= 15 is 0 Å². The van der Waals surface area contributed by atoms with Gasteiger partial charge >= 0.3 is 0 Å². The highest BCUT2D eigenvalue weighted by atomic mass is 35.5. The van der Waals surface area contributed by atoms with Gasteiger partial charge in [0.05, 0.1) is 0 Å². The molecule has 1 N–H and O–H groups in total. The van der Waals surface area contributed by atoms with Crippen molar-refractivity contribution >= 4 is 17.4 Å². The first kappa shape index (κ1) is 15.5. The van der Waals surface area contributed by atoms with Gasteiger partial charge in [-0.05, 0) is 13.0 Å². The Labute approximate surface area is 126 Å². The zero-order valence-corrected chi connectivity index (χ0v) is 13.3. The maximum Gasteiger partial charge on any atom is 0.138 e. The van der Waals surface area contributed by atoms with Crippen LogP contribution in [0, 0.1) is 0 Å². The summed E-state index contributed by atoms with van der Waals surface area (Å²) in [6.45, 7) is 10.7. The fourth-order valence-corrected chi connectivity index (χ4v) is 2.78. The normalized spacial score (nSPS) is 17.6. The van der Waals surface area contributed by atoms with Gasteiger partial charge in [-0.2, -0.15) is 0 Å². The third kappa shape index (κ3) is 4.04. The molecule has 0 amide bonds. The largest absolute Gasteiger partial charge is 0.368 e. The summed E-state index contributed by atoms with van der Waals surface area (Å²) in [7, 11) is 2.17. The van der Waals surface area contributed by atoms with Gasteiger partial charge in [0.1, 0.15) is 17.3 Å². The van der Waals surface area contributed by atoms with Gasteiger partial charge in [-0.25, -0.2) is 9.97 Å². The Morgan fingerprint density at radius 3 is 2.60 bits per heavy atom. The molecule has 0 spiro atoms. The molecular weight excluding hydrogens is 274 g/mol. The first-order valence-corrected chi connectivity index (χ1v) is 7.61. The van der Waals surface area contributed by atoms with E-state index in [4.69, 9.17) is 11.6 Å². The van der Waals surface area contributed by atoms with E-state index in [1.165, 1.54) is 6.33 Å². The molecule has 1 saturated heterocycles. The predicted octanol–water partition coefficient (Wildman–Crippen LogP) is 1.91.